The lowest BCUT2D eigenvalue weighted by Crippen LogP contribution is -2.22. The van der Waals surface area contributed by atoms with Crippen molar-refractivity contribution in [1.29, 1.82) is 0 Å². The van der Waals surface area contributed by atoms with Crippen molar-refractivity contribution in [1.82, 2.24) is 0 Å². The first-order valence-electron chi connectivity index (χ1n) is 6.05. The summed E-state index contributed by atoms with van der Waals surface area (Å²) < 4.78 is 50.9. The first-order chi connectivity index (χ1) is 8.79. The van der Waals surface area contributed by atoms with Crippen molar-refractivity contribution in [3.63, 3.8) is 0 Å². The Morgan fingerprint density at radius 2 is 1.89 bits per heavy atom. The molecule has 108 valence electrons. The van der Waals surface area contributed by atoms with Crippen LogP contribution in [0.3, 0.4) is 0 Å². The number of aliphatic hydroxyl groups excluding tert-OH is 1. The van der Waals surface area contributed by atoms with Gasteiger partial charge in [0.15, 0.2) is 0 Å². The second-order valence-electron chi connectivity index (χ2n) is 4.50. The average molecular weight is 279 g/mol. The van der Waals surface area contributed by atoms with Crippen molar-refractivity contribution in [2.45, 2.75) is 32.0 Å². The van der Waals surface area contributed by atoms with Gasteiger partial charge in [0.25, 0.3) is 0 Å². The monoisotopic (exact) mass is 279 g/mol. The molecule has 0 aliphatic rings. The van der Waals surface area contributed by atoms with Crippen molar-refractivity contribution in [3.8, 4) is 0 Å². The summed E-state index contributed by atoms with van der Waals surface area (Å²) in [6.07, 6.45) is -4.53. The lowest BCUT2D eigenvalue weighted by atomic mass is 9.91. The Labute approximate surface area is 109 Å². The lowest BCUT2D eigenvalue weighted by molar-refractivity contribution is -0.137. The maximum absolute atomic E-state index is 13.2. The molecule has 1 rings (SSSR count). The van der Waals surface area contributed by atoms with Gasteiger partial charge in [-0.3, -0.25) is 0 Å². The fraction of sp³-hybridized carbons (Fsp3) is 0.538. The Morgan fingerprint density at radius 3 is 2.37 bits per heavy atom. The molecule has 3 N–H and O–H groups in total. The van der Waals surface area contributed by atoms with Crippen molar-refractivity contribution >= 4 is 0 Å². The van der Waals surface area contributed by atoms with Gasteiger partial charge in [-0.2, -0.15) is 13.2 Å². The van der Waals surface area contributed by atoms with Gasteiger partial charge in [0.2, 0.25) is 0 Å². The Balaban J connectivity index is 3.09. The number of benzene rings is 1. The molecule has 2 atom stereocenters. The molecule has 2 nitrogen and oxygen atoms in total. The van der Waals surface area contributed by atoms with E-state index in [1.54, 1.807) is 0 Å². The Morgan fingerprint density at radius 1 is 1.26 bits per heavy atom. The zero-order valence-corrected chi connectivity index (χ0v) is 10.5. The van der Waals surface area contributed by atoms with E-state index >= 15 is 0 Å². The highest BCUT2D eigenvalue weighted by Gasteiger charge is 2.32. The first-order valence-corrected chi connectivity index (χ1v) is 6.05. The van der Waals surface area contributed by atoms with E-state index in [1.807, 2.05) is 6.92 Å². The third-order valence-corrected chi connectivity index (χ3v) is 3.00. The molecule has 1 aromatic rings. The predicted molar refractivity (Wildman–Crippen MR) is 63.8 cm³/mol. The molecule has 2 unspecified atom stereocenters. The summed E-state index contributed by atoms with van der Waals surface area (Å²) in [7, 11) is 0. The standard InChI is InChI=1S/C13H17F4NO/c1-2-3-8(7-18)12(19)9-4-10(13(15,16)17)6-11(14)5-9/h4-6,8,12,19H,2-3,7,18H2,1H3. The molecule has 0 fully saturated rings. The lowest BCUT2D eigenvalue weighted by Gasteiger charge is -2.22. The van der Waals surface area contributed by atoms with Crippen LogP contribution in [-0.4, -0.2) is 11.7 Å². The van der Waals surface area contributed by atoms with E-state index in [0.717, 1.165) is 18.6 Å². The van der Waals surface area contributed by atoms with Crippen LogP contribution in [0.1, 0.15) is 37.0 Å². The van der Waals surface area contributed by atoms with E-state index in [0.29, 0.717) is 12.5 Å². The molecule has 0 heterocycles. The second kappa shape index (κ2) is 6.34. The summed E-state index contributed by atoms with van der Waals surface area (Å²) in [5, 5.41) is 10.0. The van der Waals surface area contributed by atoms with Gasteiger partial charge in [0, 0.05) is 5.92 Å². The maximum Gasteiger partial charge on any atom is 0.416 e. The predicted octanol–water partition coefficient (Wildman–Crippen LogP) is 3.25. The summed E-state index contributed by atoms with van der Waals surface area (Å²) in [4.78, 5) is 0. The molecule has 0 aliphatic heterocycles. The third-order valence-electron chi connectivity index (χ3n) is 3.00. The van der Waals surface area contributed by atoms with Gasteiger partial charge in [-0.15, -0.1) is 0 Å². The number of halogens is 4. The largest absolute Gasteiger partial charge is 0.416 e. The second-order valence-corrected chi connectivity index (χ2v) is 4.50. The molecule has 0 radical (unpaired) electrons. The minimum Gasteiger partial charge on any atom is -0.388 e. The van der Waals surface area contributed by atoms with Crippen LogP contribution in [0.25, 0.3) is 0 Å². The molecule has 0 saturated heterocycles. The smallest absolute Gasteiger partial charge is 0.388 e. The van der Waals surface area contributed by atoms with Gasteiger partial charge in [-0.25, -0.2) is 4.39 Å². The molecule has 0 aliphatic carbocycles. The maximum atomic E-state index is 13.2. The Bertz CT molecular complexity index is 420. The van der Waals surface area contributed by atoms with Gasteiger partial charge < -0.3 is 10.8 Å². The molecule has 0 aromatic heterocycles. The zero-order chi connectivity index (χ0) is 14.6. The van der Waals surface area contributed by atoms with E-state index < -0.39 is 23.7 Å². The summed E-state index contributed by atoms with van der Waals surface area (Å²) in [6, 6.07) is 2.10. The molecular weight excluding hydrogens is 262 g/mol. The molecule has 1 aromatic carbocycles. The fourth-order valence-corrected chi connectivity index (χ4v) is 1.99. The number of hydrogen-bond acceptors (Lipinski definition) is 2. The minimum absolute atomic E-state index is 0.0868. The molecule has 19 heavy (non-hydrogen) atoms. The number of aliphatic hydroxyl groups is 1. The van der Waals surface area contributed by atoms with Gasteiger partial charge in [-0.1, -0.05) is 13.3 Å². The van der Waals surface area contributed by atoms with E-state index in [1.165, 1.54) is 0 Å². The topological polar surface area (TPSA) is 46.2 Å². The highest BCUT2D eigenvalue weighted by atomic mass is 19.4. The van der Waals surface area contributed by atoms with Crippen LogP contribution in [0.2, 0.25) is 0 Å². The first kappa shape index (κ1) is 15.9. The minimum atomic E-state index is -4.64. The Kier molecular flexibility index (Phi) is 5.31. The van der Waals surface area contributed by atoms with Crippen LogP contribution < -0.4 is 5.73 Å². The molecule has 6 heteroatoms. The number of nitrogens with two attached hydrogens (primary N) is 1. The van der Waals surface area contributed by atoms with Crippen LogP contribution in [0.5, 0.6) is 0 Å². The van der Waals surface area contributed by atoms with Crippen molar-refractivity contribution in [2.24, 2.45) is 11.7 Å². The fourth-order valence-electron chi connectivity index (χ4n) is 1.99. The molecule has 0 bridgehead atoms. The van der Waals surface area contributed by atoms with E-state index in [-0.39, 0.29) is 18.0 Å². The summed E-state index contributed by atoms with van der Waals surface area (Å²) in [5.41, 5.74) is 4.29. The number of rotatable bonds is 5. The molecule has 0 spiro atoms. The Hall–Kier alpha value is -1.14. The van der Waals surface area contributed by atoms with Crippen LogP contribution >= 0.6 is 0 Å². The van der Waals surface area contributed by atoms with Gasteiger partial charge in [-0.05, 0) is 36.7 Å². The van der Waals surface area contributed by atoms with E-state index in [2.05, 4.69) is 0 Å². The van der Waals surface area contributed by atoms with E-state index in [9.17, 15) is 22.7 Å². The van der Waals surface area contributed by atoms with Crippen LogP contribution in [0.4, 0.5) is 17.6 Å². The number of alkyl halides is 3. The summed E-state index contributed by atoms with van der Waals surface area (Å²) in [5.74, 6) is -1.40. The van der Waals surface area contributed by atoms with Gasteiger partial charge in [0.1, 0.15) is 5.82 Å². The van der Waals surface area contributed by atoms with Crippen LogP contribution in [0.15, 0.2) is 18.2 Å². The SMILES string of the molecule is CCCC(CN)C(O)c1cc(F)cc(C(F)(F)F)c1. The van der Waals surface area contributed by atoms with Gasteiger partial charge in [0.05, 0.1) is 11.7 Å². The quantitative estimate of drug-likeness (QED) is 0.813. The summed E-state index contributed by atoms with van der Waals surface area (Å²) >= 11 is 0. The van der Waals surface area contributed by atoms with Crippen LogP contribution in [-0.2, 0) is 6.18 Å². The van der Waals surface area contributed by atoms with Crippen molar-refractivity contribution in [2.75, 3.05) is 6.54 Å². The van der Waals surface area contributed by atoms with E-state index in [4.69, 9.17) is 5.73 Å². The van der Waals surface area contributed by atoms with Crippen LogP contribution in [0, 0.1) is 11.7 Å². The average Bonchev–Trinajstić information content (AvgIpc) is 2.33. The van der Waals surface area contributed by atoms with Crippen molar-refractivity contribution < 1.29 is 22.7 Å². The third kappa shape index (κ3) is 4.18. The van der Waals surface area contributed by atoms with Gasteiger partial charge >= 0.3 is 6.18 Å². The molecule has 0 saturated carbocycles. The highest BCUT2D eigenvalue weighted by Crippen LogP contribution is 2.33. The summed E-state index contributed by atoms with van der Waals surface area (Å²) in [6.45, 7) is 2.01. The normalized spacial score (nSPS) is 15.3. The number of hydrogen-bond donors (Lipinski definition) is 2. The van der Waals surface area contributed by atoms with Crippen molar-refractivity contribution in [3.05, 3.63) is 35.1 Å². The molecular formula is C13H17F4NO. The highest BCUT2D eigenvalue weighted by molar-refractivity contribution is 5.28. The molecule has 0 amide bonds. The zero-order valence-electron chi connectivity index (χ0n) is 10.5.